The van der Waals surface area contributed by atoms with E-state index < -0.39 is 7.32 Å². The third-order valence-corrected chi connectivity index (χ3v) is 4.35. The van der Waals surface area contributed by atoms with Crippen LogP contribution in [-0.4, -0.2) is 20.5 Å². The highest BCUT2D eigenvalue weighted by molar-refractivity contribution is 9.08. The van der Waals surface area contributed by atoms with Crippen molar-refractivity contribution in [1.29, 1.82) is 5.26 Å². The lowest BCUT2D eigenvalue weighted by Gasteiger charge is -2.19. The fourth-order valence-corrected chi connectivity index (χ4v) is 2.77. The molecule has 154 valence electrons. The molecule has 0 fully saturated rings. The molecule has 0 heterocycles. The van der Waals surface area contributed by atoms with Gasteiger partial charge in [0.1, 0.15) is 17.2 Å². The molecule has 0 atom stereocenters. The quantitative estimate of drug-likeness (QED) is 0.306. The van der Waals surface area contributed by atoms with E-state index in [0.29, 0.717) is 53.2 Å². The van der Waals surface area contributed by atoms with Gasteiger partial charge < -0.3 is 18.7 Å². The number of halogens is 1. The van der Waals surface area contributed by atoms with E-state index >= 15 is 0 Å². The summed E-state index contributed by atoms with van der Waals surface area (Å²) in [6.45, 7) is 9.42. The standard InChI is InChI=1S/C22H27BBrNO4/c1-16(2)14-26-23(27-15-17(3)4)29-22-10-9-21(11-19(22)12-24)28-20-7-5-18(13-25)6-8-20/h5-11,16-17H,12,14-15H2,1-4H3. The molecule has 2 aromatic rings. The zero-order chi connectivity index (χ0) is 21.2. The Kier molecular flexibility index (Phi) is 9.52. The predicted octanol–water partition coefficient (Wildman–Crippen LogP) is 5.95. The Morgan fingerprint density at radius 1 is 0.931 bits per heavy atom. The molecule has 0 bridgehead atoms. The summed E-state index contributed by atoms with van der Waals surface area (Å²) in [5, 5.41) is 9.49. The number of rotatable bonds is 11. The second-order valence-electron chi connectivity index (χ2n) is 7.50. The summed E-state index contributed by atoms with van der Waals surface area (Å²) in [5.41, 5.74) is 1.51. The minimum Gasteiger partial charge on any atom is -0.512 e. The monoisotopic (exact) mass is 459 g/mol. The molecule has 0 aliphatic rings. The smallest absolute Gasteiger partial charge is 0.512 e. The molecule has 0 radical (unpaired) electrons. The summed E-state index contributed by atoms with van der Waals surface area (Å²) >= 11 is 3.51. The van der Waals surface area contributed by atoms with Gasteiger partial charge in [0.05, 0.1) is 11.6 Å². The van der Waals surface area contributed by atoms with Crippen molar-refractivity contribution in [3.05, 3.63) is 53.6 Å². The van der Waals surface area contributed by atoms with Gasteiger partial charge in [-0.2, -0.15) is 5.26 Å². The molecule has 5 nitrogen and oxygen atoms in total. The van der Waals surface area contributed by atoms with Crippen LogP contribution in [0, 0.1) is 23.2 Å². The highest BCUT2D eigenvalue weighted by atomic mass is 79.9. The first-order chi connectivity index (χ1) is 13.9. The Morgan fingerprint density at radius 2 is 1.52 bits per heavy atom. The van der Waals surface area contributed by atoms with Gasteiger partial charge in [-0.3, -0.25) is 0 Å². The molecule has 0 amide bonds. The zero-order valence-corrected chi connectivity index (χ0v) is 18.9. The average molecular weight is 460 g/mol. The van der Waals surface area contributed by atoms with Gasteiger partial charge in [-0.25, -0.2) is 0 Å². The maximum absolute atomic E-state index is 8.90. The fourth-order valence-electron chi connectivity index (χ4n) is 2.33. The van der Waals surface area contributed by atoms with Crippen molar-refractivity contribution in [1.82, 2.24) is 0 Å². The third-order valence-electron chi connectivity index (χ3n) is 3.75. The van der Waals surface area contributed by atoms with Crippen LogP contribution in [-0.2, 0) is 14.6 Å². The molecule has 0 aliphatic heterocycles. The fraction of sp³-hybridized carbons (Fsp3) is 0.409. The van der Waals surface area contributed by atoms with Crippen LogP contribution in [0.5, 0.6) is 17.2 Å². The largest absolute Gasteiger partial charge is 0.713 e. The third kappa shape index (κ3) is 8.10. The molecule has 0 saturated carbocycles. The molecule has 0 spiro atoms. The van der Waals surface area contributed by atoms with Crippen molar-refractivity contribution >= 4 is 23.3 Å². The Balaban J connectivity index is 2.11. The van der Waals surface area contributed by atoms with Crippen LogP contribution in [0.1, 0.15) is 38.8 Å². The molecule has 7 heteroatoms. The van der Waals surface area contributed by atoms with Gasteiger partial charge in [-0.1, -0.05) is 43.6 Å². The highest BCUT2D eigenvalue weighted by Crippen LogP contribution is 2.30. The van der Waals surface area contributed by atoms with E-state index in [1.54, 1.807) is 24.3 Å². The molecule has 0 aliphatic carbocycles. The van der Waals surface area contributed by atoms with E-state index in [1.165, 1.54) is 0 Å². The summed E-state index contributed by atoms with van der Waals surface area (Å²) in [6, 6.07) is 14.7. The van der Waals surface area contributed by atoms with Crippen LogP contribution in [0.3, 0.4) is 0 Å². The first-order valence-electron chi connectivity index (χ1n) is 9.68. The highest BCUT2D eigenvalue weighted by Gasteiger charge is 2.26. The molecule has 0 saturated heterocycles. The van der Waals surface area contributed by atoms with Crippen molar-refractivity contribution in [3.63, 3.8) is 0 Å². The molecule has 0 aromatic heterocycles. The lowest BCUT2D eigenvalue weighted by molar-refractivity contribution is 0.115. The molecular weight excluding hydrogens is 433 g/mol. The van der Waals surface area contributed by atoms with Crippen LogP contribution in [0.25, 0.3) is 0 Å². The average Bonchev–Trinajstić information content (AvgIpc) is 2.71. The topological polar surface area (TPSA) is 60.7 Å². The minimum atomic E-state index is -0.761. The summed E-state index contributed by atoms with van der Waals surface area (Å²) < 4.78 is 23.5. The number of hydrogen-bond donors (Lipinski definition) is 0. The number of alkyl halides is 1. The van der Waals surface area contributed by atoms with Crippen LogP contribution < -0.4 is 9.39 Å². The Hall–Kier alpha value is -2.01. The SMILES string of the molecule is CC(C)COB(OCC(C)C)Oc1ccc(Oc2ccc(C#N)cc2)cc1CBr. The molecule has 29 heavy (non-hydrogen) atoms. The van der Waals surface area contributed by atoms with Crippen LogP contribution in [0.2, 0.25) is 0 Å². The molecule has 0 unspecified atom stereocenters. The van der Waals surface area contributed by atoms with Crippen molar-refractivity contribution in [3.8, 4) is 23.3 Å². The van der Waals surface area contributed by atoms with E-state index in [4.69, 9.17) is 24.0 Å². The van der Waals surface area contributed by atoms with E-state index in [1.807, 2.05) is 18.2 Å². The minimum absolute atomic E-state index is 0.377. The Labute approximate surface area is 182 Å². The van der Waals surface area contributed by atoms with Gasteiger partial charge in [0, 0.05) is 24.1 Å². The van der Waals surface area contributed by atoms with Crippen molar-refractivity contribution in [2.24, 2.45) is 11.8 Å². The molecular formula is C22H27BBrNO4. The predicted molar refractivity (Wildman–Crippen MR) is 118 cm³/mol. The lowest BCUT2D eigenvalue weighted by Crippen LogP contribution is -2.33. The second kappa shape index (κ2) is 11.9. The number of nitrogens with zero attached hydrogens (tertiary/aromatic N) is 1. The number of benzene rings is 2. The van der Waals surface area contributed by atoms with Crippen molar-refractivity contribution in [2.45, 2.75) is 33.0 Å². The second-order valence-corrected chi connectivity index (χ2v) is 8.06. The maximum Gasteiger partial charge on any atom is 0.713 e. The summed E-state index contributed by atoms with van der Waals surface area (Å²) in [7, 11) is -0.761. The summed E-state index contributed by atoms with van der Waals surface area (Å²) in [5.74, 6) is 2.77. The molecule has 2 rings (SSSR count). The normalized spacial score (nSPS) is 10.8. The molecule has 0 N–H and O–H groups in total. The number of hydrogen-bond acceptors (Lipinski definition) is 5. The first-order valence-corrected chi connectivity index (χ1v) is 10.8. The lowest BCUT2D eigenvalue weighted by atomic mass is 10.1. The van der Waals surface area contributed by atoms with Crippen LogP contribution in [0.15, 0.2) is 42.5 Å². The van der Waals surface area contributed by atoms with Gasteiger partial charge >= 0.3 is 7.32 Å². The van der Waals surface area contributed by atoms with Gasteiger partial charge in [-0.15, -0.1) is 0 Å². The van der Waals surface area contributed by atoms with Crippen LogP contribution in [0.4, 0.5) is 0 Å². The number of ether oxygens (including phenoxy) is 1. The maximum atomic E-state index is 8.90. The Bertz CT molecular complexity index is 793. The van der Waals surface area contributed by atoms with Crippen molar-refractivity contribution < 1.29 is 18.7 Å². The van der Waals surface area contributed by atoms with Gasteiger partial charge in [0.25, 0.3) is 0 Å². The van der Waals surface area contributed by atoms with E-state index in [2.05, 4.69) is 49.7 Å². The van der Waals surface area contributed by atoms with Gasteiger partial charge in [0.2, 0.25) is 0 Å². The van der Waals surface area contributed by atoms with E-state index in [-0.39, 0.29) is 0 Å². The summed E-state index contributed by atoms with van der Waals surface area (Å²) in [6.07, 6.45) is 0. The first kappa shape index (κ1) is 23.3. The van der Waals surface area contributed by atoms with Gasteiger partial charge in [-0.05, 0) is 54.3 Å². The summed E-state index contributed by atoms with van der Waals surface area (Å²) in [4.78, 5) is 0. The molecule has 2 aromatic carbocycles. The zero-order valence-electron chi connectivity index (χ0n) is 17.4. The van der Waals surface area contributed by atoms with Gasteiger partial charge in [0.15, 0.2) is 0 Å². The van der Waals surface area contributed by atoms with E-state index in [9.17, 15) is 0 Å². The number of nitriles is 1. The van der Waals surface area contributed by atoms with Crippen molar-refractivity contribution in [2.75, 3.05) is 13.2 Å². The van der Waals surface area contributed by atoms with Crippen LogP contribution >= 0.6 is 15.9 Å². The Morgan fingerprint density at radius 3 is 2.03 bits per heavy atom. The van der Waals surface area contributed by atoms with E-state index in [0.717, 1.165) is 5.56 Å².